The average Bonchev–Trinajstić information content (AvgIpc) is 0. The Kier molecular flexibility index (Phi) is 5490. The van der Waals surface area contributed by atoms with Gasteiger partial charge >= 0.3 is 21.1 Å². The maximum Gasteiger partial charge on any atom is 4.00 e. The van der Waals surface area contributed by atoms with E-state index in [1.54, 1.807) is 0 Å². The Morgan fingerprint density at radius 2 is 0.667 bits per heavy atom. The number of hydrogen-bond acceptors (Lipinski definition) is 2. The van der Waals surface area contributed by atoms with Crippen molar-refractivity contribution in [3.05, 3.63) is 0 Å². The summed E-state index contributed by atoms with van der Waals surface area (Å²) >= 11 is 0. The molecule has 0 saturated carbocycles. The molecular weight excluding hydrogens is 215 g/mol. The van der Waals surface area contributed by atoms with Crippen molar-refractivity contribution in [1.82, 2.24) is 0 Å². The molecule has 4 nitrogen and oxygen atoms in total. The zero-order chi connectivity index (χ0) is 0. The molecule has 0 aliphatic heterocycles. The van der Waals surface area contributed by atoms with E-state index in [-0.39, 0.29) is 60.0 Å². The van der Waals surface area contributed by atoms with Crippen LogP contribution >= 0.6 is 0 Å². The molecule has 41 valence electrons. The SMILES string of the molecule is [Mn].[Mo+4].[O-2].[O-2].[OH-].[OH-]. The molecule has 0 amide bonds. The van der Waals surface area contributed by atoms with Gasteiger partial charge in [-0.3, -0.25) is 0 Å². The van der Waals surface area contributed by atoms with Crippen molar-refractivity contribution in [3.63, 3.8) is 0 Å². The summed E-state index contributed by atoms with van der Waals surface area (Å²) in [6.07, 6.45) is 0. The summed E-state index contributed by atoms with van der Waals surface area (Å²) in [7, 11) is 0. The van der Waals surface area contributed by atoms with E-state index < -0.39 is 0 Å². The van der Waals surface area contributed by atoms with Crippen molar-refractivity contribution in [2.75, 3.05) is 0 Å². The molecule has 0 aromatic carbocycles. The molecule has 0 rings (SSSR count). The molecule has 1 radical (unpaired) electrons. The molecule has 0 aliphatic rings. The van der Waals surface area contributed by atoms with Crippen LogP contribution in [-0.4, -0.2) is 11.0 Å². The first kappa shape index (κ1) is 235. The molecule has 0 aromatic heterocycles. The monoisotopic (exact) mass is 219 g/mol. The second kappa shape index (κ2) is 140. The van der Waals surface area contributed by atoms with E-state index in [1.165, 1.54) is 0 Å². The van der Waals surface area contributed by atoms with Gasteiger partial charge in [0.25, 0.3) is 0 Å². The zero-order valence-corrected chi connectivity index (χ0v) is 5.68. The van der Waals surface area contributed by atoms with Crippen LogP contribution in [0, 0.1) is 0 Å². The molecule has 0 saturated heterocycles. The molecule has 6 heavy (non-hydrogen) atoms. The predicted molar refractivity (Wildman–Crippen MR) is 5.24 cm³/mol. The minimum absolute atomic E-state index is 0. The normalized spacial score (nSPS) is 0. The number of hydrogen-bond donors (Lipinski definition) is 0. The Bertz CT molecular complexity index is 7.51. The van der Waals surface area contributed by atoms with E-state index in [4.69, 9.17) is 0 Å². The van der Waals surface area contributed by atoms with Crippen molar-refractivity contribution in [2.24, 2.45) is 0 Å². The van der Waals surface area contributed by atoms with Crippen LogP contribution in [0.25, 0.3) is 0 Å². The summed E-state index contributed by atoms with van der Waals surface area (Å²) in [5.41, 5.74) is 0. The van der Waals surface area contributed by atoms with Gasteiger partial charge in [-0.1, -0.05) is 0 Å². The van der Waals surface area contributed by atoms with Gasteiger partial charge in [-0.15, -0.1) is 0 Å². The van der Waals surface area contributed by atoms with E-state index in [1.807, 2.05) is 0 Å². The number of rotatable bonds is 0. The maximum absolute atomic E-state index is 0. The first-order chi connectivity index (χ1) is 0. The molecule has 0 atom stereocenters. The Morgan fingerprint density at radius 3 is 0.667 bits per heavy atom. The van der Waals surface area contributed by atoms with Crippen molar-refractivity contribution >= 4 is 0 Å². The van der Waals surface area contributed by atoms with Crippen LogP contribution in [0.2, 0.25) is 0 Å². The molecule has 0 unspecified atom stereocenters. The zero-order valence-electron chi connectivity index (χ0n) is 2.50. The third-order valence-corrected chi connectivity index (χ3v) is 0. The fraction of sp³-hybridized carbons (Fsp3) is 0. The standard InChI is InChI=1S/Mn.Mo.2H2O.2O/h;;2*1H2;;/q;+4;;;2*-2/p-2. The van der Waals surface area contributed by atoms with Crippen LogP contribution in [-0.2, 0) is 49.1 Å². The third-order valence-electron chi connectivity index (χ3n) is 0. The van der Waals surface area contributed by atoms with Gasteiger partial charge in [0.15, 0.2) is 0 Å². The molecular formula is H2MnMoO4-2. The summed E-state index contributed by atoms with van der Waals surface area (Å²) in [5, 5.41) is 0. The molecule has 0 aromatic rings. The van der Waals surface area contributed by atoms with Crippen LogP contribution in [0.5, 0.6) is 0 Å². The van der Waals surface area contributed by atoms with Crippen molar-refractivity contribution in [3.8, 4) is 0 Å². The Balaban J connectivity index is 0. The quantitative estimate of drug-likeness (QED) is 0.503. The van der Waals surface area contributed by atoms with E-state index >= 15 is 0 Å². The van der Waals surface area contributed by atoms with E-state index in [9.17, 15) is 0 Å². The second-order valence-electron chi connectivity index (χ2n) is 0. The van der Waals surface area contributed by atoms with Gasteiger partial charge in [0.2, 0.25) is 0 Å². The van der Waals surface area contributed by atoms with Crippen molar-refractivity contribution in [1.29, 1.82) is 0 Å². The molecule has 0 fully saturated rings. The predicted octanol–water partition coefficient (Wildman–Crippen LogP) is -0.596. The van der Waals surface area contributed by atoms with Gasteiger partial charge in [-0.2, -0.15) is 0 Å². The fourth-order valence-corrected chi connectivity index (χ4v) is 0. The summed E-state index contributed by atoms with van der Waals surface area (Å²) in [4.78, 5) is 0. The largest absolute Gasteiger partial charge is 4.00 e. The van der Waals surface area contributed by atoms with Gasteiger partial charge < -0.3 is 21.9 Å². The average molecular weight is 217 g/mol. The van der Waals surface area contributed by atoms with Crippen LogP contribution in [0.3, 0.4) is 0 Å². The molecule has 6 heteroatoms. The van der Waals surface area contributed by atoms with Gasteiger partial charge in [0.1, 0.15) is 0 Å². The smallest absolute Gasteiger partial charge is 2.00 e. The maximum atomic E-state index is 0. The van der Waals surface area contributed by atoms with Crippen LogP contribution in [0.15, 0.2) is 0 Å². The minimum atomic E-state index is 0. The van der Waals surface area contributed by atoms with Gasteiger partial charge in [0, 0.05) is 17.1 Å². The van der Waals surface area contributed by atoms with E-state index in [2.05, 4.69) is 0 Å². The Morgan fingerprint density at radius 1 is 0.667 bits per heavy atom. The third kappa shape index (κ3) is 75.3. The molecule has 2 N–H and O–H groups in total. The van der Waals surface area contributed by atoms with Crippen molar-refractivity contribution in [2.45, 2.75) is 0 Å². The Labute approximate surface area is 60.3 Å². The van der Waals surface area contributed by atoms with E-state index in [0.29, 0.717) is 0 Å². The summed E-state index contributed by atoms with van der Waals surface area (Å²) in [6.45, 7) is 0. The summed E-state index contributed by atoms with van der Waals surface area (Å²) in [5.74, 6) is 0. The topological polar surface area (TPSA) is 117 Å². The van der Waals surface area contributed by atoms with Crippen LogP contribution in [0.4, 0.5) is 0 Å². The van der Waals surface area contributed by atoms with E-state index in [0.717, 1.165) is 0 Å². The first-order valence-corrected chi connectivity index (χ1v) is 0. The summed E-state index contributed by atoms with van der Waals surface area (Å²) < 4.78 is 0. The second-order valence-corrected chi connectivity index (χ2v) is 0. The summed E-state index contributed by atoms with van der Waals surface area (Å²) in [6, 6.07) is 0. The Hall–Kier alpha value is 1.05. The van der Waals surface area contributed by atoms with Crippen LogP contribution < -0.4 is 0 Å². The minimum Gasteiger partial charge on any atom is -2.00 e. The van der Waals surface area contributed by atoms with Gasteiger partial charge in [-0.25, -0.2) is 0 Å². The molecule has 0 heterocycles. The molecule has 0 aliphatic carbocycles. The van der Waals surface area contributed by atoms with Gasteiger partial charge in [-0.05, 0) is 0 Å². The van der Waals surface area contributed by atoms with Crippen molar-refractivity contribution < 1.29 is 60.0 Å². The first-order valence-electron chi connectivity index (χ1n) is 0. The molecule has 0 bridgehead atoms. The van der Waals surface area contributed by atoms with Gasteiger partial charge in [0.05, 0.1) is 0 Å². The molecule has 0 spiro atoms. The fourth-order valence-electron chi connectivity index (χ4n) is 0. The van der Waals surface area contributed by atoms with Crippen LogP contribution in [0.1, 0.15) is 0 Å².